The van der Waals surface area contributed by atoms with E-state index >= 15 is 0 Å². The van der Waals surface area contributed by atoms with Gasteiger partial charge in [0.25, 0.3) is 0 Å². The number of piperazine rings is 1. The molecule has 5 rings (SSSR count). The van der Waals surface area contributed by atoms with E-state index in [2.05, 4.69) is 63.4 Å². The van der Waals surface area contributed by atoms with Gasteiger partial charge < -0.3 is 9.80 Å². The Morgan fingerprint density at radius 3 is 2.08 bits per heavy atom. The standard InChI is InChI=1S/C30H32N6O2/c1-3-35(26-16-10-11-23(2)21-26)30-28(36(37)38)29(31-22-32-30)34-19-17-33(18-20-34)27(24-12-6-4-7-13-24)25-14-8-5-9-15-25/h4-16,21-22,27H,3,17-20H2,1-2H3. The van der Waals surface area contributed by atoms with Gasteiger partial charge >= 0.3 is 5.69 Å². The maximum absolute atomic E-state index is 12.4. The molecule has 0 spiro atoms. The lowest BCUT2D eigenvalue weighted by Gasteiger charge is -2.40. The first-order valence-electron chi connectivity index (χ1n) is 13.0. The van der Waals surface area contributed by atoms with Gasteiger partial charge in [0.2, 0.25) is 11.6 Å². The van der Waals surface area contributed by atoms with Crippen LogP contribution in [0.2, 0.25) is 0 Å². The van der Waals surface area contributed by atoms with Gasteiger partial charge in [-0.2, -0.15) is 0 Å². The Hall–Kier alpha value is -4.30. The Kier molecular flexibility index (Phi) is 7.60. The van der Waals surface area contributed by atoms with Crippen molar-refractivity contribution < 1.29 is 4.92 Å². The highest BCUT2D eigenvalue weighted by Gasteiger charge is 2.33. The summed E-state index contributed by atoms with van der Waals surface area (Å²) in [6.45, 7) is 7.29. The van der Waals surface area contributed by atoms with Crippen molar-refractivity contribution in [3.05, 3.63) is 118 Å². The summed E-state index contributed by atoms with van der Waals surface area (Å²) in [5, 5.41) is 12.4. The van der Waals surface area contributed by atoms with Gasteiger partial charge in [0.15, 0.2) is 0 Å². The fourth-order valence-electron chi connectivity index (χ4n) is 5.28. The zero-order valence-electron chi connectivity index (χ0n) is 21.8. The Morgan fingerprint density at radius 1 is 0.895 bits per heavy atom. The molecule has 1 aliphatic rings. The van der Waals surface area contributed by atoms with Crippen molar-refractivity contribution >= 4 is 23.0 Å². The average molecular weight is 509 g/mol. The summed E-state index contributed by atoms with van der Waals surface area (Å²) in [4.78, 5) is 27.2. The molecule has 0 radical (unpaired) electrons. The number of hydrogen-bond donors (Lipinski definition) is 0. The average Bonchev–Trinajstić information content (AvgIpc) is 2.95. The Morgan fingerprint density at radius 2 is 1.53 bits per heavy atom. The molecule has 0 atom stereocenters. The van der Waals surface area contributed by atoms with Crippen molar-refractivity contribution in [2.75, 3.05) is 42.5 Å². The summed E-state index contributed by atoms with van der Waals surface area (Å²) in [6, 6.07) is 29.0. The molecule has 194 valence electrons. The molecule has 2 heterocycles. The van der Waals surface area contributed by atoms with Crippen molar-refractivity contribution in [3.8, 4) is 0 Å². The van der Waals surface area contributed by atoms with E-state index < -0.39 is 0 Å². The van der Waals surface area contributed by atoms with E-state index in [1.54, 1.807) is 0 Å². The number of anilines is 3. The third-order valence-corrected chi connectivity index (χ3v) is 7.06. The van der Waals surface area contributed by atoms with Crippen LogP contribution in [0.15, 0.2) is 91.3 Å². The number of benzene rings is 3. The molecule has 0 amide bonds. The van der Waals surface area contributed by atoms with Crippen LogP contribution in [0.4, 0.5) is 23.0 Å². The summed E-state index contributed by atoms with van der Waals surface area (Å²) < 4.78 is 0. The fourth-order valence-corrected chi connectivity index (χ4v) is 5.28. The minimum Gasteiger partial charge on any atom is -0.348 e. The summed E-state index contributed by atoms with van der Waals surface area (Å²) in [5.74, 6) is 0.698. The quantitative estimate of drug-likeness (QED) is 0.221. The van der Waals surface area contributed by atoms with Crippen LogP contribution in [0.25, 0.3) is 0 Å². The molecule has 0 unspecified atom stereocenters. The van der Waals surface area contributed by atoms with Gasteiger partial charge in [-0.1, -0.05) is 72.8 Å². The van der Waals surface area contributed by atoms with Crippen LogP contribution in [0.3, 0.4) is 0 Å². The van der Waals surface area contributed by atoms with Gasteiger partial charge in [-0.05, 0) is 42.7 Å². The van der Waals surface area contributed by atoms with E-state index in [0.717, 1.165) is 24.3 Å². The fraction of sp³-hybridized carbons (Fsp3) is 0.267. The third-order valence-electron chi connectivity index (χ3n) is 7.06. The number of rotatable bonds is 8. The first-order chi connectivity index (χ1) is 18.6. The van der Waals surface area contributed by atoms with Crippen molar-refractivity contribution in [1.82, 2.24) is 14.9 Å². The molecule has 3 aromatic carbocycles. The molecule has 4 aromatic rings. The van der Waals surface area contributed by atoms with E-state index in [-0.39, 0.29) is 16.7 Å². The molecule has 38 heavy (non-hydrogen) atoms. The van der Waals surface area contributed by atoms with E-state index in [4.69, 9.17) is 0 Å². The molecule has 1 saturated heterocycles. The van der Waals surface area contributed by atoms with Gasteiger partial charge in [-0.15, -0.1) is 0 Å². The predicted molar refractivity (Wildman–Crippen MR) is 151 cm³/mol. The molecule has 1 fully saturated rings. The van der Waals surface area contributed by atoms with E-state index in [0.29, 0.717) is 31.3 Å². The topological polar surface area (TPSA) is 78.6 Å². The van der Waals surface area contributed by atoms with Crippen molar-refractivity contribution in [2.24, 2.45) is 0 Å². The van der Waals surface area contributed by atoms with Crippen molar-refractivity contribution in [3.63, 3.8) is 0 Å². The first kappa shape index (κ1) is 25.4. The molecule has 1 aliphatic heterocycles. The summed E-state index contributed by atoms with van der Waals surface area (Å²) in [6.07, 6.45) is 1.44. The maximum atomic E-state index is 12.4. The van der Waals surface area contributed by atoms with Gasteiger partial charge in [0, 0.05) is 38.4 Å². The predicted octanol–water partition coefficient (Wildman–Crippen LogP) is 5.76. The second-order valence-corrected chi connectivity index (χ2v) is 9.46. The highest BCUT2D eigenvalue weighted by Crippen LogP contribution is 2.38. The zero-order valence-corrected chi connectivity index (χ0v) is 21.8. The zero-order chi connectivity index (χ0) is 26.5. The number of aromatic nitrogens is 2. The highest BCUT2D eigenvalue weighted by molar-refractivity contribution is 5.76. The van der Waals surface area contributed by atoms with Gasteiger partial charge in [0.05, 0.1) is 11.0 Å². The highest BCUT2D eigenvalue weighted by atomic mass is 16.6. The second kappa shape index (κ2) is 11.4. The molecule has 0 bridgehead atoms. The summed E-state index contributed by atoms with van der Waals surface area (Å²) in [5.41, 5.74) is 4.38. The number of nitro groups is 1. The van der Waals surface area contributed by atoms with Crippen LogP contribution in [-0.2, 0) is 0 Å². The van der Waals surface area contributed by atoms with Crippen molar-refractivity contribution in [2.45, 2.75) is 19.9 Å². The first-order valence-corrected chi connectivity index (χ1v) is 13.0. The molecular formula is C30H32N6O2. The van der Waals surface area contributed by atoms with Crippen LogP contribution >= 0.6 is 0 Å². The van der Waals surface area contributed by atoms with Crippen LogP contribution in [0.1, 0.15) is 29.7 Å². The molecular weight excluding hydrogens is 476 g/mol. The van der Waals surface area contributed by atoms with Crippen molar-refractivity contribution in [1.29, 1.82) is 0 Å². The molecule has 8 heteroatoms. The largest absolute Gasteiger partial charge is 0.353 e. The van der Waals surface area contributed by atoms with Crippen LogP contribution in [0.5, 0.6) is 0 Å². The summed E-state index contributed by atoms with van der Waals surface area (Å²) in [7, 11) is 0. The molecule has 1 aromatic heterocycles. The lowest BCUT2D eigenvalue weighted by molar-refractivity contribution is -0.383. The second-order valence-electron chi connectivity index (χ2n) is 9.46. The number of aryl methyl sites for hydroxylation is 1. The third kappa shape index (κ3) is 5.21. The van der Waals surface area contributed by atoms with Gasteiger partial charge in [-0.25, -0.2) is 9.97 Å². The smallest absolute Gasteiger partial charge is 0.348 e. The maximum Gasteiger partial charge on any atom is 0.353 e. The lowest BCUT2D eigenvalue weighted by atomic mass is 9.96. The van der Waals surface area contributed by atoms with Crippen LogP contribution in [0, 0.1) is 17.0 Å². The molecule has 0 aliphatic carbocycles. The minimum absolute atomic E-state index is 0.0491. The normalized spacial score (nSPS) is 14.0. The van der Waals surface area contributed by atoms with E-state index in [9.17, 15) is 10.1 Å². The van der Waals surface area contributed by atoms with Gasteiger partial charge in [0.1, 0.15) is 6.33 Å². The number of hydrogen-bond acceptors (Lipinski definition) is 7. The van der Waals surface area contributed by atoms with E-state index in [1.165, 1.54) is 17.5 Å². The lowest BCUT2D eigenvalue weighted by Crippen LogP contribution is -2.48. The molecule has 8 nitrogen and oxygen atoms in total. The Balaban J connectivity index is 1.43. The van der Waals surface area contributed by atoms with E-state index in [1.807, 2.05) is 60.0 Å². The Labute approximate surface area is 223 Å². The van der Waals surface area contributed by atoms with Gasteiger partial charge in [-0.3, -0.25) is 15.0 Å². The minimum atomic E-state index is -0.341. The monoisotopic (exact) mass is 508 g/mol. The SMILES string of the molecule is CCN(c1cccc(C)c1)c1ncnc(N2CCN(C(c3ccccc3)c3ccccc3)CC2)c1[N+](=O)[O-]. The Bertz CT molecular complexity index is 1330. The summed E-state index contributed by atoms with van der Waals surface area (Å²) >= 11 is 0. The van der Waals surface area contributed by atoms with Crippen LogP contribution in [-0.4, -0.2) is 52.5 Å². The molecule has 0 saturated carbocycles. The van der Waals surface area contributed by atoms with Crippen LogP contribution < -0.4 is 9.80 Å². The molecule has 0 N–H and O–H groups in total. The number of nitrogens with zero attached hydrogens (tertiary/aromatic N) is 6.